The van der Waals surface area contributed by atoms with Gasteiger partial charge >= 0.3 is 0 Å². The molecule has 0 saturated heterocycles. The number of nitrogens with one attached hydrogen (secondary N) is 1. The number of para-hydroxylation sites is 2. The monoisotopic (exact) mass is 250 g/mol. The lowest BCUT2D eigenvalue weighted by Crippen LogP contribution is -2.53. The second-order valence-electron chi connectivity index (χ2n) is 4.87. The van der Waals surface area contributed by atoms with Gasteiger partial charge in [0.05, 0.1) is 6.04 Å². The summed E-state index contributed by atoms with van der Waals surface area (Å²) in [5.41, 5.74) is 2.88. The van der Waals surface area contributed by atoms with Gasteiger partial charge in [-0.2, -0.15) is 0 Å². The van der Waals surface area contributed by atoms with Crippen molar-refractivity contribution in [2.45, 2.75) is 38.8 Å². The Bertz CT molecular complexity index is 384. The zero-order chi connectivity index (χ0) is 13.0. The van der Waals surface area contributed by atoms with Gasteiger partial charge in [-0.3, -0.25) is 11.3 Å². The Balaban J connectivity index is 2.06. The Labute approximate surface area is 108 Å². The number of nitrogens with two attached hydrogens (primary N) is 1. The molecule has 3 N–H and O–H groups in total. The summed E-state index contributed by atoms with van der Waals surface area (Å²) in [6.45, 7) is 4.91. The number of hydrazine groups is 1. The summed E-state index contributed by atoms with van der Waals surface area (Å²) >= 11 is 0. The van der Waals surface area contributed by atoms with Crippen molar-refractivity contribution >= 4 is 0 Å². The molecular weight excluding hydrogens is 228 g/mol. The summed E-state index contributed by atoms with van der Waals surface area (Å²) in [5, 5.41) is 0. The topological polar surface area (TPSA) is 56.5 Å². The van der Waals surface area contributed by atoms with Crippen molar-refractivity contribution in [2.24, 2.45) is 11.8 Å². The molecule has 100 valence electrons. The standard InChI is InChI=1S/C14H22N2O2/c1-3-6-10(2)14(16-15)13-9-17-11-7-4-5-8-12(11)18-13/h4-5,7-8,10,13-14,16H,3,6,9,15H2,1-2H3. The maximum absolute atomic E-state index is 5.98. The molecule has 0 radical (unpaired) electrons. The number of hydrogen-bond acceptors (Lipinski definition) is 4. The van der Waals surface area contributed by atoms with E-state index >= 15 is 0 Å². The summed E-state index contributed by atoms with van der Waals surface area (Å²) in [7, 11) is 0. The van der Waals surface area contributed by atoms with Crippen molar-refractivity contribution < 1.29 is 9.47 Å². The molecule has 0 fully saturated rings. The fourth-order valence-corrected chi connectivity index (χ4v) is 2.49. The Kier molecular flexibility index (Phi) is 4.44. The van der Waals surface area contributed by atoms with E-state index in [1.807, 2.05) is 24.3 Å². The minimum absolute atomic E-state index is 0.0357. The fourth-order valence-electron chi connectivity index (χ4n) is 2.49. The van der Waals surface area contributed by atoms with Crippen LogP contribution in [0, 0.1) is 5.92 Å². The average molecular weight is 250 g/mol. The van der Waals surface area contributed by atoms with Gasteiger partial charge in [-0.05, 0) is 24.5 Å². The molecule has 1 aliphatic rings. The third-order valence-electron chi connectivity index (χ3n) is 3.48. The van der Waals surface area contributed by atoms with Crippen LogP contribution in [0.25, 0.3) is 0 Å². The van der Waals surface area contributed by atoms with E-state index in [9.17, 15) is 0 Å². The molecule has 1 heterocycles. The number of benzene rings is 1. The van der Waals surface area contributed by atoms with Gasteiger partial charge in [-0.25, -0.2) is 0 Å². The lowest BCUT2D eigenvalue weighted by atomic mass is 9.93. The number of hydrogen-bond donors (Lipinski definition) is 2. The van der Waals surface area contributed by atoms with Crippen LogP contribution in [-0.4, -0.2) is 18.8 Å². The molecule has 1 aromatic rings. The van der Waals surface area contributed by atoms with Gasteiger partial charge in [-0.1, -0.05) is 32.4 Å². The molecule has 2 rings (SSSR count). The van der Waals surface area contributed by atoms with E-state index in [4.69, 9.17) is 15.3 Å². The van der Waals surface area contributed by atoms with E-state index in [1.54, 1.807) is 0 Å². The molecule has 0 bridgehead atoms. The largest absolute Gasteiger partial charge is 0.486 e. The first-order valence-corrected chi connectivity index (χ1v) is 6.60. The summed E-state index contributed by atoms with van der Waals surface area (Å²) in [5.74, 6) is 7.74. The van der Waals surface area contributed by atoms with Crippen molar-refractivity contribution in [1.82, 2.24) is 5.43 Å². The van der Waals surface area contributed by atoms with Crippen LogP contribution >= 0.6 is 0 Å². The average Bonchev–Trinajstić information content (AvgIpc) is 2.40. The molecule has 1 aliphatic heterocycles. The molecule has 0 aromatic heterocycles. The van der Waals surface area contributed by atoms with Gasteiger partial charge in [0.1, 0.15) is 12.7 Å². The van der Waals surface area contributed by atoms with E-state index in [-0.39, 0.29) is 12.1 Å². The Morgan fingerprint density at radius 3 is 2.78 bits per heavy atom. The van der Waals surface area contributed by atoms with Crippen LogP contribution in [0.4, 0.5) is 0 Å². The maximum Gasteiger partial charge on any atom is 0.161 e. The van der Waals surface area contributed by atoms with Crippen molar-refractivity contribution in [2.75, 3.05) is 6.61 Å². The van der Waals surface area contributed by atoms with Gasteiger partial charge in [0.15, 0.2) is 11.5 Å². The number of rotatable bonds is 5. The Morgan fingerprint density at radius 1 is 1.39 bits per heavy atom. The third-order valence-corrected chi connectivity index (χ3v) is 3.48. The van der Waals surface area contributed by atoms with Gasteiger partial charge in [0, 0.05) is 0 Å². The van der Waals surface area contributed by atoms with Crippen molar-refractivity contribution in [3.05, 3.63) is 24.3 Å². The first-order valence-electron chi connectivity index (χ1n) is 6.60. The second kappa shape index (κ2) is 6.07. The molecule has 4 heteroatoms. The quantitative estimate of drug-likeness (QED) is 0.620. The van der Waals surface area contributed by atoms with Gasteiger partial charge in [0.25, 0.3) is 0 Å². The third kappa shape index (κ3) is 2.76. The summed E-state index contributed by atoms with van der Waals surface area (Å²) < 4.78 is 11.7. The first kappa shape index (κ1) is 13.2. The fraction of sp³-hybridized carbons (Fsp3) is 0.571. The highest BCUT2D eigenvalue weighted by atomic mass is 16.6. The minimum Gasteiger partial charge on any atom is -0.486 e. The second-order valence-corrected chi connectivity index (χ2v) is 4.87. The smallest absolute Gasteiger partial charge is 0.161 e. The highest BCUT2D eigenvalue weighted by Gasteiger charge is 2.31. The molecule has 0 aliphatic carbocycles. The first-order chi connectivity index (χ1) is 8.76. The molecule has 3 atom stereocenters. The summed E-state index contributed by atoms with van der Waals surface area (Å²) in [4.78, 5) is 0. The maximum atomic E-state index is 5.98. The minimum atomic E-state index is -0.0357. The highest BCUT2D eigenvalue weighted by Crippen LogP contribution is 2.32. The van der Waals surface area contributed by atoms with Crippen LogP contribution in [0.15, 0.2) is 24.3 Å². The van der Waals surface area contributed by atoms with Gasteiger partial charge < -0.3 is 9.47 Å². The molecule has 18 heavy (non-hydrogen) atoms. The molecule has 0 spiro atoms. The van der Waals surface area contributed by atoms with Crippen LogP contribution in [0.2, 0.25) is 0 Å². The molecule has 0 saturated carbocycles. The predicted octanol–water partition coefficient (Wildman–Crippen LogP) is 2.09. The lowest BCUT2D eigenvalue weighted by molar-refractivity contribution is 0.0447. The number of ether oxygens (including phenoxy) is 2. The number of fused-ring (bicyclic) bond motifs is 1. The van der Waals surface area contributed by atoms with E-state index in [1.165, 1.54) is 0 Å². The predicted molar refractivity (Wildman–Crippen MR) is 71.5 cm³/mol. The Morgan fingerprint density at radius 2 is 2.11 bits per heavy atom. The van der Waals surface area contributed by atoms with Gasteiger partial charge in [0.2, 0.25) is 0 Å². The molecular formula is C14H22N2O2. The normalized spacial score (nSPS) is 21.4. The summed E-state index contributed by atoms with van der Waals surface area (Å²) in [6, 6.07) is 7.86. The molecule has 0 amide bonds. The lowest BCUT2D eigenvalue weighted by Gasteiger charge is -2.34. The highest BCUT2D eigenvalue weighted by molar-refractivity contribution is 5.40. The Hall–Kier alpha value is -1.26. The van der Waals surface area contributed by atoms with Crippen LogP contribution in [0.3, 0.4) is 0 Å². The molecule has 1 aromatic carbocycles. The van der Waals surface area contributed by atoms with E-state index < -0.39 is 0 Å². The van der Waals surface area contributed by atoms with Crippen molar-refractivity contribution in [1.29, 1.82) is 0 Å². The zero-order valence-electron chi connectivity index (χ0n) is 11.1. The van der Waals surface area contributed by atoms with Gasteiger partial charge in [-0.15, -0.1) is 0 Å². The van der Waals surface area contributed by atoms with Crippen LogP contribution in [0.5, 0.6) is 11.5 Å². The zero-order valence-corrected chi connectivity index (χ0v) is 11.1. The van der Waals surface area contributed by atoms with Crippen molar-refractivity contribution in [3.8, 4) is 11.5 Å². The van der Waals surface area contributed by atoms with Crippen LogP contribution < -0.4 is 20.7 Å². The SMILES string of the molecule is CCCC(C)C(NN)C1COc2ccccc2O1. The van der Waals surface area contributed by atoms with Crippen LogP contribution in [-0.2, 0) is 0 Å². The van der Waals surface area contributed by atoms with E-state index in [2.05, 4.69) is 19.3 Å². The summed E-state index contributed by atoms with van der Waals surface area (Å²) in [6.07, 6.45) is 2.23. The van der Waals surface area contributed by atoms with E-state index in [0.717, 1.165) is 24.3 Å². The molecule has 4 nitrogen and oxygen atoms in total. The molecule has 3 unspecified atom stereocenters. The van der Waals surface area contributed by atoms with Crippen LogP contribution in [0.1, 0.15) is 26.7 Å². The van der Waals surface area contributed by atoms with E-state index in [0.29, 0.717) is 12.5 Å². The van der Waals surface area contributed by atoms with Crippen molar-refractivity contribution in [3.63, 3.8) is 0 Å².